The van der Waals surface area contributed by atoms with Crippen molar-refractivity contribution in [3.63, 3.8) is 0 Å². The van der Waals surface area contributed by atoms with Gasteiger partial charge < -0.3 is 5.11 Å². The van der Waals surface area contributed by atoms with Crippen LogP contribution in [0.5, 0.6) is 0 Å². The molecule has 0 aliphatic rings. The number of carboxylic acid groups (broad SMARTS) is 1. The second kappa shape index (κ2) is 7.43. The number of halogens is 1. The van der Waals surface area contributed by atoms with Crippen molar-refractivity contribution >= 4 is 5.97 Å². The molecule has 0 saturated heterocycles. The van der Waals surface area contributed by atoms with Crippen LogP contribution in [-0.4, -0.2) is 11.1 Å². The zero-order valence-corrected chi connectivity index (χ0v) is 11.9. The molecule has 0 aliphatic carbocycles. The zero-order valence-electron chi connectivity index (χ0n) is 11.9. The molecule has 1 N–H and O–H groups in total. The van der Waals surface area contributed by atoms with Gasteiger partial charge >= 0.3 is 5.97 Å². The number of carbonyl (C=O) groups is 1. The molecule has 0 amide bonds. The van der Waals surface area contributed by atoms with Gasteiger partial charge in [-0.2, -0.15) is 0 Å². The molecule has 1 unspecified atom stereocenters. The Balaban J connectivity index is 0.000000956. The Kier molecular flexibility index (Phi) is 5.91. The Bertz CT molecular complexity index is 564. The van der Waals surface area contributed by atoms with Crippen LogP contribution in [0.2, 0.25) is 0 Å². The molecule has 2 aromatic rings. The molecule has 0 aliphatic heterocycles. The first-order valence-corrected chi connectivity index (χ1v) is 6.67. The van der Waals surface area contributed by atoms with Crippen molar-refractivity contribution in [2.45, 2.75) is 26.7 Å². The first-order chi connectivity index (χ1) is 9.59. The van der Waals surface area contributed by atoms with Crippen LogP contribution < -0.4 is 0 Å². The molecule has 2 aromatic carbocycles. The van der Waals surface area contributed by atoms with Crippen LogP contribution in [-0.2, 0) is 4.79 Å². The summed E-state index contributed by atoms with van der Waals surface area (Å²) < 4.78 is 14.0. The highest BCUT2D eigenvalue weighted by atomic mass is 19.1. The van der Waals surface area contributed by atoms with Gasteiger partial charge in [0, 0.05) is 5.56 Å². The minimum absolute atomic E-state index is 0.396. The molecule has 2 rings (SSSR count). The normalized spacial score (nSPS) is 11.2. The van der Waals surface area contributed by atoms with E-state index in [0.29, 0.717) is 11.1 Å². The maximum atomic E-state index is 14.0. The lowest BCUT2D eigenvalue weighted by Crippen LogP contribution is -2.07. The van der Waals surface area contributed by atoms with Crippen LogP contribution >= 0.6 is 0 Å². The van der Waals surface area contributed by atoms with E-state index >= 15 is 0 Å². The maximum Gasteiger partial charge on any atom is 0.310 e. The maximum absolute atomic E-state index is 14.0. The van der Waals surface area contributed by atoms with Gasteiger partial charge in [0.2, 0.25) is 0 Å². The average molecular weight is 274 g/mol. The van der Waals surface area contributed by atoms with Gasteiger partial charge in [-0.05, 0) is 24.1 Å². The van der Waals surface area contributed by atoms with Crippen LogP contribution in [0, 0.1) is 5.82 Å². The van der Waals surface area contributed by atoms with Crippen molar-refractivity contribution in [3.8, 4) is 11.1 Å². The first-order valence-electron chi connectivity index (χ1n) is 6.67. The molecular formula is C17H19FO2. The Morgan fingerprint density at radius 2 is 1.70 bits per heavy atom. The minimum Gasteiger partial charge on any atom is -0.481 e. The minimum atomic E-state index is -0.957. The van der Waals surface area contributed by atoms with E-state index in [1.54, 1.807) is 19.1 Å². The smallest absolute Gasteiger partial charge is 0.310 e. The van der Waals surface area contributed by atoms with E-state index in [4.69, 9.17) is 5.11 Å². The summed E-state index contributed by atoms with van der Waals surface area (Å²) in [6.45, 7) is 5.54. The number of benzene rings is 2. The van der Waals surface area contributed by atoms with Crippen molar-refractivity contribution in [3.05, 3.63) is 59.9 Å². The van der Waals surface area contributed by atoms with Gasteiger partial charge in [0.1, 0.15) is 5.82 Å². The Hall–Kier alpha value is -2.16. The third kappa shape index (κ3) is 3.67. The molecule has 0 aromatic heterocycles. The molecule has 0 heterocycles. The number of rotatable bonds is 3. The van der Waals surface area contributed by atoms with E-state index < -0.39 is 17.7 Å². The SMILES string of the molecule is CC.CC(C(=O)O)c1ccc(-c2ccccc2)c(F)c1. The summed E-state index contributed by atoms with van der Waals surface area (Å²) >= 11 is 0. The molecule has 0 spiro atoms. The van der Waals surface area contributed by atoms with Gasteiger partial charge in [-0.3, -0.25) is 4.79 Å². The van der Waals surface area contributed by atoms with Crippen molar-refractivity contribution in [1.82, 2.24) is 0 Å². The lowest BCUT2D eigenvalue weighted by Gasteiger charge is -2.09. The summed E-state index contributed by atoms with van der Waals surface area (Å²) in [6, 6.07) is 13.7. The summed E-state index contributed by atoms with van der Waals surface area (Å²) in [5.41, 5.74) is 1.74. The molecular weight excluding hydrogens is 255 g/mol. The summed E-state index contributed by atoms with van der Waals surface area (Å²) in [6.07, 6.45) is 0. The molecule has 0 bridgehead atoms. The Morgan fingerprint density at radius 1 is 1.10 bits per heavy atom. The molecule has 0 saturated carbocycles. The predicted octanol–water partition coefficient (Wildman–Crippen LogP) is 4.71. The van der Waals surface area contributed by atoms with Crippen LogP contribution in [0.15, 0.2) is 48.5 Å². The zero-order chi connectivity index (χ0) is 15.1. The average Bonchev–Trinajstić information content (AvgIpc) is 2.49. The highest BCUT2D eigenvalue weighted by Gasteiger charge is 2.15. The van der Waals surface area contributed by atoms with E-state index in [0.717, 1.165) is 5.56 Å². The highest BCUT2D eigenvalue weighted by Crippen LogP contribution is 2.26. The van der Waals surface area contributed by atoms with Crippen LogP contribution in [0.4, 0.5) is 4.39 Å². The van der Waals surface area contributed by atoms with Crippen LogP contribution in [0.1, 0.15) is 32.3 Å². The van der Waals surface area contributed by atoms with E-state index in [1.807, 2.05) is 44.2 Å². The Labute approximate surface area is 118 Å². The van der Waals surface area contributed by atoms with Crippen molar-refractivity contribution in [2.75, 3.05) is 0 Å². The highest BCUT2D eigenvalue weighted by molar-refractivity contribution is 5.76. The quantitative estimate of drug-likeness (QED) is 0.880. The Morgan fingerprint density at radius 3 is 2.20 bits per heavy atom. The van der Waals surface area contributed by atoms with E-state index in [-0.39, 0.29) is 0 Å². The summed E-state index contributed by atoms with van der Waals surface area (Å²) in [4.78, 5) is 10.8. The summed E-state index contributed by atoms with van der Waals surface area (Å²) in [5, 5.41) is 8.89. The lowest BCUT2D eigenvalue weighted by molar-refractivity contribution is -0.138. The first kappa shape index (κ1) is 15.9. The van der Waals surface area contributed by atoms with Crippen molar-refractivity contribution < 1.29 is 14.3 Å². The van der Waals surface area contributed by atoms with Gasteiger partial charge in [-0.25, -0.2) is 4.39 Å². The summed E-state index contributed by atoms with van der Waals surface area (Å²) in [5.74, 6) is -2.06. The standard InChI is InChI=1S/C15H13FO2.C2H6/c1-10(15(17)18)12-7-8-13(14(16)9-12)11-5-3-2-4-6-11;1-2/h2-10H,1H3,(H,17,18);1-2H3. The number of hydrogen-bond acceptors (Lipinski definition) is 1. The third-order valence-corrected chi connectivity index (χ3v) is 2.95. The van der Waals surface area contributed by atoms with E-state index in [1.165, 1.54) is 6.07 Å². The molecule has 106 valence electrons. The molecule has 20 heavy (non-hydrogen) atoms. The van der Waals surface area contributed by atoms with Crippen molar-refractivity contribution in [1.29, 1.82) is 0 Å². The molecule has 3 heteroatoms. The molecule has 2 nitrogen and oxygen atoms in total. The van der Waals surface area contributed by atoms with Gasteiger partial charge in [0.15, 0.2) is 0 Å². The largest absolute Gasteiger partial charge is 0.481 e. The number of carboxylic acids is 1. The number of aliphatic carboxylic acids is 1. The van der Waals surface area contributed by atoms with Gasteiger partial charge in [-0.15, -0.1) is 0 Å². The van der Waals surface area contributed by atoms with E-state index in [2.05, 4.69) is 0 Å². The van der Waals surface area contributed by atoms with Crippen LogP contribution in [0.25, 0.3) is 11.1 Å². The number of hydrogen-bond donors (Lipinski definition) is 1. The van der Waals surface area contributed by atoms with Gasteiger partial charge in [0.25, 0.3) is 0 Å². The third-order valence-electron chi connectivity index (χ3n) is 2.95. The second-order valence-electron chi connectivity index (χ2n) is 4.17. The fourth-order valence-electron chi connectivity index (χ4n) is 1.80. The monoisotopic (exact) mass is 274 g/mol. The fourth-order valence-corrected chi connectivity index (χ4v) is 1.80. The topological polar surface area (TPSA) is 37.3 Å². The van der Waals surface area contributed by atoms with Crippen LogP contribution in [0.3, 0.4) is 0 Å². The molecule has 0 fully saturated rings. The van der Waals surface area contributed by atoms with Gasteiger partial charge in [-0.1, -0.05) is 56.3 Å². The van der Waals surface area contributed by atoms with Crippen molar-refractivity contribution in [2.24, 2.45) is 0 Å². The predicted molar refractivity (Wildman–Crippen MR) is 79.2 cm³/mol. The van der Waals surface area contributed by atoms with Gasteiger partial charge in [0.05, 0.1) is 5.92 Å². The van der Waals surface area contributed by atoms with E-state index in [9.17, 15) is 9.18 Å². The molecule has 1 atom stereocenters. The molecule has 0 radical (unpaired) electrons. The lowest BCUT2D eigenvalue weighted by atomic mass is 9.97. The second-order valence-corrected chi connectivity index (χ2v) is 4.17. The summed E-state index contributed by atoms with van der Waals surface area (Å²) in [7, 11) is 0. The fraction of sp³-hybridized carbons (Fsp3) is 0.235.